The summed E-state index contributed by atoms with van der Waals surface area (Å²) in [6.45, 7) is 0. The van der Waals surface area contributed by atoms with E-state index >= 15 is 0 Å². The van der Waals surface area contributed by atoms with Gasteiger partial charge in [-0.05, 0) is 30.4 Å². The Balaban J connectivity index is 2.35. The van der Waals surface area contributed by atoms with Gasteiger partial charge in [0.25, 0.3) is 5.78 Å². The Labute approximate surface area is 120 Å². The number of thioether (sulfide) groups is 1. The van der Waals surface area contributed by atoms with Crippen LogP contribution in [-0.2, 0) is 14.3 Å². The first-order valence-electron chi connectivity index (χ1n) is 6.05. The van der Waals surface area contributed by atoms with Crippen LogP contribution in [0.15, 0.2) is 23.1 Å². The van der Waals surface area contributed by atoms with E-state index in [0.29, 0.717) is 23.5 Å². The van der Waals surface area contributed by atoms with Gasteiger partial charge >= 0.3 is 5.97 Å². The van der Waals surface area contributed by atoms with Gasteiger partial charge in [0.2, 0.25) is 0 Å². The monoisotopic (exact) mass is 294 g/mol. The molecule has 20 heavy (non-hydrogen) atoms. The number of rotatable bonds is 3. The third-order valence-electron chi connectivity index (χ3n) is 3.14. The molecular formula is C14H14O5S. The number of hydrogen-bond donors (Lipinski definition) is 0. The van der Waals surface area contributed by atoms with Gasteiger partial charge in [0.15, 0.2) is 5.78 Å². The van der Waals surface area contributed by atoms with Crippen LogP contribution in [0.3, 0.4) is 0 Å². The molecule has 1 aliphatic rings. The first-order valence-corrected chi connectivity index (χ1v) is 7.04. The molecule has 0 amide bonds. The van der Waals surface area contributed by atoms with E-state index in [4.69, 9.17) is 4.74 Å². The van der Waals surface area contributed by atoms with Gasteiger partial charge in [-0.1, -0.05) is 0 Å². The second-order valence-electron chi connectivity index (χ2n) is 4.27. The van der Waals surface area contributed by atoms with Gasteiger partial charge < -0.3 is 9.47 Å². The first kappa shape index (κ1) is 14.6. The van der Waals surface area contributed by atoms with E-state index in [9.17, 15) is 14.4 Å². The molecule has 0 radical (unpaired) electrons. The van der Waals surface area contributed by atoms with Crippen molar-refractivity contribution in [3.63, 3.8) is 0 Å². The van der Waals surface area contributed by atoms with Gasteiger partial charge in [-0.3, -0.25) is 9.59 Å². The summed E-state index contributed by atoms with van der Waals surface area (Å²) in [6.07, 6.45) is 0.328. The van der Waals surface area contributed by atoms with E-state index in [-0.39, 0.29) is 5.78 Å². The maximum absolute atomic E-state index is 12.4. The van der Waals surface area contributed by atoms with E-state index in [0.717, 1.165) is 12.0 Å². The smallest absolute Gasteiger partial charge is 0.375 e. The van der Waals surface area contributed by atoms with E-state index < -0.39 is 17.7 Å². The minimum atomic E-state index is -0.967. The number of hydrogen-bond acceptors (Lipinski definition) is 6. The van der Waals surface area contributed by atoms with Gasteiger partial charge in [-0.15, -0.1) is 11.8 Å². The van der Waals surface area contributed by atoms with E-state index in [1.165, 1.54) is 11.8 Å². The van der Waals surface area contributed by atoms with Crippen LogP contribution in [0, 0.1) is 5.92 Å². The average Bonchev–Trinajstić information content (AvgIpc) is 2.64. The third kappa shape index (κ3) is 2.70. The molecule has 0 bridgehead atoms. The molecule has 1 unspecified atom stereocenters. The number of benzene rings is 1. The number of Topliss-reactive ketones (excluding diaryl/α,β-unsaturated/α-hetero) is 2. The topological polar surface area (TPSA) is 69.7 Å². The fourth-order valence-electron chi connectivity index (χ4n) is 2.05. The summed E-state index contributed by atoms with van der Waals surface area (Å²) in [5.41, 5.74) is 0.454. The van der Waals surface area contributed by atoms with Gasteiger partial charge in [0.1, 0.15) is 5.75 Å². The zero-order valence-corrected chi connectivity index (χ0v) is 12.0. The summed E-state index contributed by atoms with van der Waals surface area (Å²) in [4.78, 5) is 36.4. The van der Waals surface area contributed by atoms with Gasteiger partial charge in [-0.2, -0.15) is 0 Å². The molecule has 1 aromatic rings. The summed E-state index contributed by atoms with van der Waals surface area (Å²) in [5.74, 6) is -1.79. The molecule has 0 spiro atoms. The quantitative estimate of drug-likeness (QED) is 0.480. The lowest BCUT2D eigenvalue weighted by atomic mass is 9.91. The highest BCUT2D eigenvalue weighted by molar-refractivity contribution is 7.99. The normalized spacial score (nSPS) is 17.9. The van der Waals surface area contributed by atoms with Crippen LogP contribution in [0.4, 0.5) is 0 Å². The van der Waals surface area contributed by atoms with Crippen molar-refractivity contribution < 1.29 is 23.9 Å². The fourth-order valence-corrected chi connectivity index (χ4v) is 3.15. The predicted octanol–water partition coefficient (Wildman–Crippen LogP) is 1.73. The average molecular weight is 294 g/mol. The van der Waals surface area contributed by atoms with Crippen molar-refractivity contribution in [1.82, 2.24) is 0 Å². The molecule has 1 atom stereocenters. The lowest BCUT2D eigenvalue weighted by molar-refractivity contribution is -0.152. The van der Waals surface area contributed by atoms with Gasteiger partial charge in [0.05, 0.1) is 20.1 Å². The van der Waals surface area contributed by atoms with Gasteiger partial charge in [-0.25, -0.2) is 4.79 Å². The lowest BCUT2D eigenvalue weighted by Gasteiger charge is -2.11. The molecule has 6 heteroatoms. The van der Waals surface area contributed by atoms with Crippen molar-refractivity contribution in [2.75, 3.05) is 20.0 Å². The van der Waals surface area contributed by atoms with E-state index in [2.05, 4.69) is 4.74 Å². The van der Waals surface area contributed by atoms with Crippen LogP contribution in [0.5, 0.6) is 5.75 Å². The Morgan fingerprint density at radius 2 is 2.05 bits per heavy atom. The van der Waals surface area contributed by atoms with Crippen LogP contribution in [0.2, 0.25) is 0 Å². The van der Waals surface area contributed by atoms with Crippen molar-refractivity contribution in [1.29, 1.82) is 0 Å². The van der Waals surface area contributed by atoms with Crippen LogP contribution in [0.1, 0.15) is 16.8 Å². The van der Waals surface area contributed by atoms with Crippen molar-refractivity contribution in [3.05, 3.63) is 23.8 Å². The van der Waals surface area contributed by atoms with Gasteiger partial charge in [0, 0.05) is 10.5 Å². The summed E-state index contributed by atoms with van der Waals surface area (Å²) >= 11 is 1.48. The molecule has 1 aromatic carbocycles. The van der Waals surface area contributed by atoms with E-state index in [1.54, 1.807) is 25.3 Å². The summed E-state index contributed by atoms with van der Waals surface area (Å²) < 4.78 is 9.53. The number of carbonyl (C=O) groups excluding carboxylic acids is 3. The Bertz CT molecular complexity index is 567. The minimum absolute atomic E-state index is 0.328. The highest BCUT2D eigenvalue weighted by Gasteiger charge is 2.35. The van der Waals surface area contributed by atoms with E-state index in [1.807, 2.05) is 0 Å². The zero-order chi connectivity index (χ0) is 14.7. The Hall–Kier alpha value is -1.82. The van der Waals surface area contributed by atoms with Crippen LogP contribution in [0.25, 0.3) is 0 Å². The first-order chi connectivity index (χ1) is 9.58. The van der Waals surface area contributed by atoms with Crippen molar-refractivity contribution >= 4 is 29.3 Å². The second-order valence-corrected chi connectivity index (χ2v) is 5.41. The fraction of sp³-hybridized carbons (Fsp3) is 0.357. The number of esters is 1. The summed E-state index contributed by atoms with van der Waals surface area (Å²) in [7, 11) is 2.68. The molecule has 106 valence electrons. The number of fused-ring (bicyclic) bond motifs is 1. The maximum Gasteiger partial charge on any atom is 0.375 e. The molecular weight excluding hydrogens is 280 g/mol. The van der Waals surface area contributed by atoms with Crippen LogP contribution in [-0.4, -0.2) is 37.5 Å². The molecule has 0 aromatic heterocycles. The molecule has 2 rings (SSSR count). The maximum atomic E-state index is 12.4. The van der Waals surface area contributed by atoms with Crippen LogP contribution < -0.4 is 4.74 Å². The molecule has 0 saturated heterocycles. The number of ether oxygens (including phenoxy) is 2. The molecule has 1 heterocycles. The van der Waals surface area contributed by atoms with Crippen molar-refractivity contribution in [3.8, 4) is 5.75 Å². The summed E-state index contributed by atoms with van der Waals surface area (Å²) in [5, 5.41) is 0. The Morgan fingerprint density at radius 3 is 2.70 bits per heavy atom. The highest BCUT2D eigenvalue weighted by atomic mass is 32.2. The third-order valence-corrected chi connectivity index (χ3v) is 4.23. The summed E-state index contributed by atoms with van der Waals surface area (Å²) in [6, 6.07) is 5.07. The lowest BCUT2D eigenvalue weighted by Crippen LogP contribution is -2.31. The number of ketones is 2. The standard InChI is InChI=1S/C14H14O5S/c1-18-8-3-4-9-11(7-8)20-6-5-10(12(9)15)13(16)14(17)19-2/h3-4,7,10H,5-6H2,1-2H3. The molecule has 5 nitrogen and oxygen atoms in total. The molecule has 0 aliphatic carbocycles. The number of carbonyl (C=O) groups is 3. The Kier molecular flexibility index (Phi) is 4.44. The van der Waals surface area contributed by atoms with Crippen LogP contribution >= 0.6 is 11.8 Å². The Morgan fingerprint density at radius 1 is 1.30 bits per heavy atom. The zero-order valence-electron chi connectivity index (χ0n) is 11.2. The SMILES string of the molecule is COC(=O)C(=O)C1CCSc2cc(OC)ccc2C1=O. The van der Waals surface area contributed by atoms with Crippen molar-refractivity contribution in [2.24, 2.45) is 5.92 Å². The molecule has 0 fully saturated rings. The number of methoxy groups -OCH3 is 2. The second kappa shape index (κ2) is 6.09. The largest absolute Gasteiger partial charge is 0.497 e. The highest BCUT2D eigenvalue weighted by Crippen LogP contribution is 2.34. The predicted molar refractivity (Wildman–Crippen MR) is 73.2 cm³/mol. The molecule has 0 N–H and O–H groups in total. The minimum Gasteiger partial charge on any atom is -0.497 e. The molecule has 0 saturated carbocycles. The molecule has 1 aliphatic heterocycles. The van der Waals surface area contributed by atoms with Crippen molar-refractivity contribution in [2.45, 2.75) is 11.3 Å².